The number of nitrogens with zero attached hydrogens (tertiary/aromatic N) is 4. The summed E-state index contributed by atoms with van der Waals surface area (Å²) in [6.07, 6.45) is 1.84. The van der Waals surface area contributed by atoms with E-state index in [1.807, 2.05) is 19.9 Å². The van der Waals surface area contributed by atoms with Crippen molar-refractivity contribution in [3.8, 4) is 6.07 Å². The summed E-state index contributed by atoms with van der Waals surface area (Å²) in [4.78, 5) is 31.5. The highest BCUT2D eigenvalue weighted by Gasteiger charge is 2.50. The molecule has 3 aromatic rings. The van der Waals surface area contributed by atoms with E-state index in [4.69, 9.17) is 5.26 Å². The van der Waals surface area contributed by atoms with Crippen molar-refractivity contribution in [2.75, 3.05) is 24.5 Å². The summed E-state index contributed by atoms with van der Waals surface area (Å²) >= 11 is 0. The predicted molar refractivity (Wildman–Crippen MR) is 136 cm³/mol. The predicted octanol–water partition coefficient (Wildman–Crippen LogP) is 3.95. The molecule has 2 N–H and O–H groups in total. The monoisotopic (exact) mass is 519 g/mol. The Morgan fingerprint density at radius 2 is 1.95 bits per heavy atom. The summed E-state index contributed by atoms with van der Waals surface area (Å²) in [6, 6.07) is 10.4. The molecule has 2 saturated heterocycles. The van der Waals surface area contributed by atoms with Gasteiger partial charge in [-0.2, -0.15) is 5.26 Å². The molecule has 2 fully saturated rings. The zero-order valence-corrected chi connectivity index (χ0v) is 21.1. The lowest BCUT2D eigenvalue weighted by atomic mass is 9.66. The smallest absolute Gasteiger partial charge is 0.328 e. The van der Waals surface area contributed by atoms with Gasteiger partial charge in [-0.25, -0.2) is 13.6 Å². The number of amides is 3. The first-order chi connectivity index (χ1) is 18.0. The van der Waals surface area contributed by atoms with Crippen LogP contribution in [0.25, 0.3) is 10.9 Å². The van der Waals surface area contributed by atoms with Crippen LogP contribution in [0.3, 0.4) is 0 Å². The van der Waals surface area contributed by atoms with Crippen LogP contribution in [0.4, 0.5) is 19.3 Å². The molecule has 0 radical (unpaired) electrons. The first kappa shape index (κ1) is 25.7. The molecular formula is C28H27F2N5O3. The summed E-state index contributed by atoms with van der Waals surface area (Å²) in [5.74, 6) is -1.54. The number of piperidine rings is 1. The molecule has 0 aliphatic carbocycles. The largest absolute Gasteiger partial charge is 0.384 e. The Hall–Kier alpha value is -3.94. The SMILES string of the molecule is CC1(C)CN(Cc2ccc(F)c(C#N)c2)CC[C@]1(O)c1ccc2ncc(N3CCC(=O)NC3=O)cc2c1F. The number of hydrogen-bond acceptors (Lipinski definition) is 6. The summed E-state index contributed by atoms with van der Waals surface area (Å²) in [5.41, 5.74) is -0.607. The minimum absolute atomic E-state index is 0.0184. The van der Waals surface area contributed by atoms with E-state index in [1.165, 1.54) is 29.3 Å². The van der Waals surface area contributed by atoms with Gasteiger partial charge in [-0.1, -0.05) is 26.0 Å². The molecule has 196 valence electrons. The van der Waals surface area contributed by atoms with Crippen molar-refractivity contribution in [2.45, 2.75) is 38.8 Å². The highest BCUT2D eigenvalue weighted by Crippen LogP contribution is 2.48. The van der Waals surface area contributed by atoms with Gasteiger partial charge in [0.25, 0.3) is 0 Å². The normalized spacial score (nSPS) is 21.8. The molecule has 10 heteroatoms. The van der Waals surface area contributed by atoms with E-state index in [0.29, 0.717) is 30.8 Å². The average Bonchev–Trinajstić information content (AvgIpc) is 2.87. The molecule has 0 bridgehead atoms. The third kappa shape index (κ3) is 4.38. The fourth-order valence-corrected chi connectivity index (χ4v) is 5.51. The molecule has 3 heterocycles. The fourth-order valence-electron chi connectivity index (χ4n) is 5.51. The Bertz CT molecular complexity index is 1500. The minimum Gasteiger partial charge on any atom is -0.384 e. The number of anilines is 1. The molecule has 38 heavy (non-hydrogen) atoms. The Labute approximate surface area is 218 Å². The number of imide groups is 1. The number of likely N-dealkylation sites (tertiary alicyclic amines) is 1. The molecule has 1 atom stereocenters. The van der Waals surface area contributed by atoms with Gasteiger partial charge in [0.15, 0.2) is 0 Å². The highest BCUT2D eigenvalue weighted by atomic mass is 19.1. The van der Waals surface area contributed by atoms with E-state index in [2.05, 4.69) is 15.2 Å². The van der Waals surface area contributed by atoms with Crippen molar-refractivity contribution in [1.29, 1.82) is 5.26 Å². The number of hydrogen-bond donors (Lipinski definition) is 2. The Kier molecular flexibility index (Phi) is 6.37. The number of pyridine rings is 1. The standard InChI is InChI=1S/C28H27F2N5O3/c1-27(2)16-34(15-17-3-5-22(29)18(11-17)13-31)10-8-28(27,38)21-4-6-23-20(25(21)30)12-19(14-32-23)35-9-7-24(36)33-26(35)37/h3-6,11-12,14,38H,7-10,15-16H2,1-2H3,(H,33,36,37)/t28-/m0/s1. The molecule has 1 aromatic heterocycles. The van der Waals surface area contributed by atoms with Crippen molar-refractivity contribution < 1.29 is 23.5 Å². The Balaban J connectivity index is 1.43. The molecule has 5 rings (SSSR count). The first-order valence-electron chi connectivity index (χ1n) is 12.4. The number of aliphatic hydroxyl groups is 1. The summed E-state index contributed by atoms with van der Waals surface area (Å²) in [5, 5.41) is 23.5. The molecule has 0 spiro atoms. The number of carbonyl (C=O) groups is 2. The maximum atomic E-state index is 16.1. The molecule has 0 unspecified atom stereocenters. The second kappa shape index (κ2) is 9.42. The lowest BCUT2D eigenvalue weighted by Crippen LogP contribution is -2.55. The van der Waals surface area contributed by atoms with Crippen molar-refractivity contribution in [2.24, 2.45) is 5.41 Å². The number of halogens is 2. The van der Waals surface area contributed by atoms with Gasteiger partial charge in [0.1, 0.15) is 17.7 Å². The molecule has 2 aromatic carbocycles. The number of urea groups is 1. The average molecular weight is 520 g/mol. The van der Waals surface area contributed by atoms with Crippen LogP contribution in [0, 0.1) is 28.4 Å². The number of rotatable bonds is 4. The summed E-state index contributed by atoms with van der Waals surface area (Å²) in [7, 11) is 0. The topological polar surface area (TPSA) is 110 Å². The second-order valence-electron chi connectivity index (χ2n) is 10.6. The van der Waals surface area contributed by atoms with E-state index in [1.54, 1.807) is 18.2 Å². The maximum absolute atomic E-state index is 16.1. The minimum atomic E-state index is -1.49. The van der Waals surface area contributed by atoms with Crippen molar-refractivity contribution >= 4 is 28.5 Å². The number of carbonyl (C=O) groups excluding carboxylic acids is 2. The van der Waals surface area contributed by atoms with Gasteiger partial charge in [-0.05, 0) is 36.2 Å². The Morgan fingerprint density at radius 1 is 1.16 bits per heavy atom. The van der Waals surface area contributed by atoms with Gasteiger partial charge >= 0.3 is 6.03 Å². The lowest BCUT2D eigenvalue weighted by Gasteiger charge is -2.50. The van der Waals surface area contributed by atoms with Crippen molar-refractivity contribution in [3.05, 3.63) is 70.9 Å². The van der Waals surface area contributed by atoms with Gasteiger partial charge in [0.2, 0.25) is 5.91 Å². The quantitative estimate of drug-likeness (QED) is 0.540. The molecular weight excluding hydrogens is 492 g/mol. The van der Waals surface area contributed by atoms with E-state index in [0.717, 1.165) is 5.56 Å². The zero-order chi connectivity index (χ0) is 27.2. The van der Waals surface area contributed by atoms with Crippen LogP contribution >= 0.6 is 0 Å². The van der Waals surface area contributed by atoms with Crippen LogP contribution in [0.2, 0.25) is 0 Å². The first-order valence-corrected chi connectivity index (χ1v) is 12.4. The number of benzene rings is 2. The number of nitriles is 1. The third-order valence-electron chi connectivity index (χ3n) is 7.68. The van der Waals surface area contributed by atoms with Crippen LogP contribution < -0.4 is 10.2 Å². The lowest BCUT2D eigenvalue weighted by molar-refractivity contribution is -0.128. The molecule has 2 aliphatic rings. The zero-order valence-electron chi connectivity index (χ0n) is 21.1. The van der Waals surface area contributed by atoms with Gasteiger partial charge in [0, 0.05) is 49.0 Å². The van der Waals surface area contributed by atoms with Gasteiger partial charge < -0.3 is 5.11 Å². The summed E-state index contributed by atoms with van der Waals surface area (Å²) < 4.78 is 29.8. The third-order valence-corrected chi connectivity index (χ3v) is 7.68. The molecule has 3 amide bonds. The van der Waals surface area contributed by atoms with Crippen LogP contribution in [-0.2, 0) is 16.9 Å². The van der Waals surface area contributed by atoms with Crippen molar-refractivity contribution in [3.63, 3.8) is 0 Å². The van der Waals surface area contributed by atoms with Crippen LogP contribution in [0.1, 0.15) is 43.4 Å². The van der Waals surface area contributed by atoms with Crippen LogP contribution in [-0.4, -0.2) is 46.6 Å². The highest BCUT2D eigenvalue weighted by molar-refractivity contribution is 6.06. The van der Waals surface area contributed by atoms with Gasteiger partial charge in [-0.15, -0.1) is 0 Å². The fraction of sp³-hybridized carbons (Fsp3) is 0.357. The maximum Gasteiger partial charge on any atom is 0.328 e. The van der Waals surface area contributed by atoms with E-state index >= 15 is 4.39 Å². The summed E-state index contributed by atoms with van der Waals surface area (Å²) in [6.45, 7) is 5.26. The van der Waals surface area contributed by atoms with E-state index in [-0.39, 0.29) is 41.8 Å². The molecule has 2 aliphatic heterocycles. The van der Waals surface area contributed by atoms with Gasteiger partial charge in [-0.3, -0.25) is 24.9 Å². The number of aromatic nitrogens is 1. The van der Waals surface area contributed by atoms with E-state index in [9.17, 15) is 19.1 Å². The van der Waals surface area contributed by atoms with Gasteiger partial charge in [0.05, 0.1) is 28.6 Å². The van der Waals surface area contributed by atoms with Crippen molar-refractivity contribution in [1.82, 2.24) is 15.2 Å². The van der Waals surface area contributed by atoms with Crippen LogP contribution in [0.15, 0.2) is 42.6 Å². The molecule has 8 nitrogen and oxygen atoms in total. The number of fused-ring (bicyclic) bond motifs is 1. The number of nitrogens with one attached hydrogen (secondary N) is 1. The Morgan fingerprint density at radius 3 is 2.66 bits per heavy atom. The molecule has 0 saturated carbocycles. The van der Waals surface area contributed by atoms with Crippen LogP contribution in [0.5, 0.6) is 0 Å². The second-order valence-corrected chi connectivity index (χ2v) is 10.6. The van der Waals surface area contributed by atoms with E-state index < -0.39 is 28.7 Å².